The van der Waals surface area contributed by atoms with E-state index in [1.807, 2.05) is 22.9 Å². The summed E-state index contributed by atoms with van der Waals surface area (Å²) >= 11 is 0. The summed E-state index contributed by atoms with van der Waals surface area (Å²) in [5.41, 5.74) is 2.62. The molecule has 1 aliphatic heterocycles. The van der Waals surface area contributed by atoms with Crippen LogP contribution in [0.25, 0.3) is 22.4 Å². The Morgan fingerprint density at radius 1 is 1.04 bits per heavy atom. The van der Waals surface area contributed by atoms with Gasteiger partial charge in [0, 0.05) is 16.6 Å². The fourth-order valence-electron chi connectivity index (χ4n) is 4.26. The number of phenols is 1. The molecule has 7 nitrogen and oxygen atoms in total. The first-order valence-electron chi connectivity index (χ1n) is 8.90. The van der Waals surface area contributed by atoms with E-state index >= 15 is 0 Å². The molecule has 1 saturated heterocycles. The van der Waals surface area contributed by atoms with E-state index in [0.29, 0.717) is 22.4 Å². The van der Waals surface area contributed by atoms with Gasteiger partial charge in [-0.2, -0.15) is 0 Å². The summed E-state index contributed by atoms with van der Waals surface area (Å²) in [5, 5.41) is 31.1. The molecule has 0 spiro atoms. The number of rotatable bonds is 2. The van der Waals surface area contributed by atoms with Gasteiger partial charge in [-0.1, -0.05) is 17.3 Å². The van der Waals surface area contributed by atoms with Crippen LogP contribution in [0.4, 0.5) is 0 Å². The number of nitrogens with zero attached hydrogens (tertiary/aromatic N) is 5. The molecule has 0 amide bonds. The van der Waals surface area contributed by atoms with E-state index < -0.39 is 0 Å². The van der Waals surface area contributed by atoms with Crippen LogP contribution in [0.3, 0.4) is 0 Å². The lowest BCUT2D eigenvalue weighted by Gasteiger charge is -2.46. The van der Waals surface area contributed by atoms with E-state index in [9.17, 15) is 5.11 Å². The lowest BCUT2D eigenvalue weighted by molar-refractivity contribution is 0.127. The van der Waals surface area contributed by atoms with Crippen molar-refractivity contribution in [2.75, 3.05) is 0 Å². The zero-order chi connectivity index (χ0) is 18.5. The lowest BCUT2D eigenvalue weighted by atomic mass is 9.80. The summed E-state index contributed by atoms with van der Waals surface area (Å²) in [7, 11) is 0. The van der Waals surface area contributed by atoms with Crippen molar-refractivity contribution >= 4 is 23.6 Å². The smallest absolute Gasteiger partial charge is 0.201 e. The van der Waals surface area contributed by atoms with Crippen molar-refractivity contribution in [3.05, 3.63) is 30.3 Å². The standard InChI is InChI=1S/C19H24N6O.ClH/c1-18(2)10-12(11-19(3,4)23-18)25-17-15(21-24-25)9-14(20-22-17)13-7-5-6-8-16(13)26;/h5-9,12,23,26H,10-11H2,1-4H3;1H. The van der Waals surface area contributed by atoms with E-state index in [0.717, 1.165) is 12.8 Å². The van der Waals surface area contributed by atoms with Crippen LogP contribution < -0.4 is 5.32 Å². The molecule has 27 heavy (non-hydrogen) atoms. The second-order valence-electron chi connectivity index (χ2n) is 8.44. The van der Waals surface area contributed by atoms with Gasteiger partial charge in [-0.05, 0) is 58.7 Å². The molecule has 2 N–H and O–H groups in total. The van der Waals surface area contributed by atoms with Crippen molar-refractivity contribution in [3.8, 4) is 17.0 Å². The van der Waals surface area contributed by atoms with E-state index in [2.05, 4.69) is 53.5 Å². The number of halogens is 1. The minimum Gasteiger partial charge on any atom is -0.507 e. The molecule has 4 rings (SSSR count). The summed E-state index contributed by atoms with van der Waals surface area (Å²) < 4.78 is 1.90. The highest BCUT2D eigenvalue weighted by molar-refractivity contribution is 5.85. The molecule has 1 fully saturated rings. The molecule has 0 atom stereocenters. The largest absolute Gasteiger partial charge is 0.507 e. The molecule has 1 aromatic carbocycles. The maximum atomic E-state index is 10.0. The molecule has 0 bridgehead atoms. The van der Waals surface area contributed by atoms with Gasteiger partial charge in [-0.15, -0.1) is 27.7 Å². The molecule has 3 aromatic rings. The third kappa shape index (κ3) is 3.75. The van der Waals surface area contributed by atoms with Crippen LogP contribution in [0, 0.1) is 0 Å². The van der Waals surface area contributed by atoms with Gasteiger partial charge >= 0.3 is 0 Å². The van der Waals surface area contributed by atoms with Crippen molar-refractivity contribution in [1.29, 1.82) is 0 Å². The maximum absolute atomic E-state index is 10.0. The minimum atomic E-state index is 0. The number of nitrogens with one attached hydrogen (secondary N) is 1. The van der Waals surface area contributed by atoms with Crippen LogP contribution in [0.2, 0.25) is 0 Å². The summed E-state index contributed by atoms with van der Waals surface area (Å²) in [6.45, 7) is 8.84. The van der Waals surface area contributed by atoms with Crippen molar-refractivity contribution in [3.63, 3.8) is 0 Å². The lowest BCUT2D eigenvalue weighted by Crippen LogP contribution is -2.58. The minimum absolute atomic E-state index is 0. The highest BCUT2D eigenvalue weighted by atomic mass is 35.5. The van der Waals surface area contributed by atoms with Crippen LogP contribution in [0.5, 0.6) is 5.75 Å². The monoisotopic (exact) mass is 388 g/mol. The third-order valence-corrected chi connectivity index (χ3v) is 4.92. The van der Waals surface area contributed by atoms with Crippen LogP contribution in [-0.4, -0.2) is 41.4 Å². The Hall–Kier alpha value is -2.25. The van der Waals surface area contributed by atoms with Gasteiger partial charge in [-0.3, -0.25) is 0 Å². The topological polar surface area (TPSA) is 88.8 Å². The Morgan fingerprint density at radius 3 is 2.37 bits per heavy atom. The summed E-state index contributed by atoms with van der Waals surface area (Å²) in [6, 6.07) is 9.12. The first-order valence-corrected chi connectivity index (χ1v) is 8.90. The number of para-hydroxylation sites is 1. The van der Waals surface area contributed by atoms with Gasteiger partial charge in [0.1, 0.15) is 11.3 Å². The summed E-state index contributed by atoms with van der Waals surface area (Å²) in [5.74, 6) is 0.176. The predicted octanol–water partition coefficient (Wildman–Crippen LogP) is 3.50. The summed E-state index contributed by atoms with van der Waals surface area (Å²) in [6.07, 6.45) is 1.88. The van der Waals surface area contributed by atoms with Crippen molar-refractivity contribution in [1.82, 2.24) is 30.5 Å². The number of piperidine rings is 1. The average Bonchev–Trinajstić information content (AvgIpc) is 2.95. The van der Waals surface area contributed by atoms with Crippen molar-refractivity contribution < 1.29 is 5.11 Å². The van der Waals surface area contributed by atoms with Crippen LogP contribution in [0.1, 0.15) is 46.6 Å². The van der Waals surface area contributed by atoms with E-state index in [1.54, 1.807) is 12.1 Å². The van der Waals surface area contributed by atoms with Gasteiger partial charge in [0.25, 0.3) is 0 Å². The van der Waals surface area contributed by atoms with E-state index in [4.69, 9.17) is 0 Å². The first-order chi connectivity index (χ1) is 12.2. The molecule has 0 unspecified atom stereocenters. The van der Waals surface area contributed by atoms with Crippen LogP contribution >= 0.6 is 12.4 Å². The van der Waals surface area contributed by atoms with Crippen LogP contribution in [0.15, 0.2) is 30.3 Å². The van der Waals surface area contributed by atoms with Crippen LogP contribution in [-0.2, 0) is 0 Å². The number of hydrogen-bond donors (Lipinski definition) is 2. The fraction of sp³-hybridized carbons (Fsp3) is 0.474. The number of hydrogen-bond acceptors (Lipinski definition) is 6. The van der Waals surface area contributed by atoms with E-state index in [-0.39, 0.29) is 35.3 Å². The quantitative estimate of drug-likeness (QED) is 0.698. The zero-order valence-corrected chi connectivity index (χ0v) is 16.8. The molecular weight excluding hydrogens is 364 g/mol. The number of benzene rings is 1. The highest BCUT2D eigenvalue weighted by Gasteiger charge is 2.39. The first kappa shape index (κ1) is 19.5. The number of phenolic OH excluding ortho intramolecular Hbond substituents is 1. The second-order valence-corrected chi connectivity index (χ2v) is 8.44. The molecule has 3 heterocycles. The maximum Gasteiger partial charge on any atom is 0.201 e. The Balaban J connectivity index is 0.00000210. The van der Waals surface area contributed by atoms with E-state index in [1.165, 1.54) is 0 Å². The van der Waals surface area contributed by atoms with Gasteiger partial charge in [0.05, 0.1) is 11.7 Å². The molecule has 144 valence electrons. The van der Waals surface area contributed by atoms with Crippen molar-refractivity contribution in [2.24, 2.45) is 0 Å². The molecular formula is C19H25ClN6O. The van der Waals surface area contributed by atoms with Gasteiger partial charge in [0.15, 0.2) is 0 Å². The molecule has 0 aliphatic carbocycles. The zero-order valence-electron chi connectivity index (χ0n) is 16.0. The molecule has 2 aromatic heterocycles. The predicted molar refractivity (Wildman–Crippen MR) is 107 cm³/mol. The third-order valence-electron chi connectivity index (χ3n) is 4.92. The molecule has 8 heteroatoms. The molecule has 1 aliphatic rings. The Labute approximate surface area is 164 Å². The Morgan fingerprint density at radius 2 is 1.70 bits per heavy atom. The average molecular weight is 389 g/mol. The molecule has 0 saturated carbocycles. The van der Waals surface area contributed by atoms with Gasteiger partial charge < -0.3 is 10.4 Å². The second kappa shape index (κ2) is 6.73. The highest BCUT2D eigenvalue weighted by Crippen LogP contribution is 2.36. The Bertz CT molecular complexity index is 952. The summed E-state index contributed by atoms with van der Waals surface area (Å²) in [4.78, 5) is 0. The number of aromatic nitrogens is 5. The SMILES string of the molecule is CC1(C)CC(n2nnc3cc(-c4ccccc4O)nnc32)CC(C)(C)N1.Cl. The van der Waals surface area contributed by atoms with Gasteiger partial charge in [0.2, 0.25) is 5.65 Å². The molecule has 0 radical (unpaired) electrons. The number of aromatic hydroxyl groups is 1. The van der Waals surface area contributed by atoms with Gasteiger partial charge in [-0.25, -0.2) is 4.68 Å². The van der Waals surface area contributed by atoms with Crippen molar-refractivity contribution in [2.45, 2.75) is 57.7 Å². The normalized spacial score (nSPS) is 19.0. The number of fused-ring (bicyclic) bond motifs is 1. The fourth-order valence-corrected chi connectivity index (χ4v) is 4.26. The Kier molecular flexibility index (Phi) is 4.86.